The number of carbonyl (C=O) groups is 1. The molecule has 0 N–H and O–H groups in total. The maximum absolute atomic E-state index is 12.7. The largest absolute Gasteiger partial charge is 0.360 e. The molecule has 0 radical (unpaired) electrons. The third-order valence-corrected chi connectivity index (χ3v) is 4.56. The zero-order chi connectivity index (χ0) is 16.2. The molecule has 23 heavy (non-hydrogen) atoms. The van der Waals surface area contributed by atoms with Crippen LogP contribution in [0, 0.1) is 0 Å². The molecule has 0 bridgehead atoms. The molecular weight excluding hydrogens is 286 g/mol. The summed E-state index contributed by atoms with van der Waals surface area (Å²) in [4.78, 5) is 21.4. The number of carbonyl (C=O) groups excluding carboxylic acids is 1. The molecule has 1 saturated heterocycles. The average Bonchev–Trinajstić information content (AvgIpc) is 3.11. The van der Waals surface area contributed by atoms with E-state index in [-0.39, 0.29) is 11.9 Å². The molecule has 2 heterocycles. The van der Waals surface area contributed by atoms with Gasteiger partial charge in [0, 0.05) is 31.9 Å². The molecule has 1 atom stereocenters. The molecule has 1 aromatic heterocycles. The van der Waals surface area contributed by atoms with Crippen LogP contribution in [0.4, 0.5) is 5.82 Å². The van der Waals surface area contributed by atoms with Crippen molar-refractivity contribution in [1.82, 2.24) is 9.88 Å². The molecule has 0 saturated carbocycles. The minimum absolute atomic E-state index is 0.114. The van der Waals surface area contributed by atoms with Gasteiger partial charge in [0.1, 0.15) is 5.82 Å². The second-order valence-corrected chi connectivity index (χ2v) is 5.99. The smallest absolute Gasteiger partial charge is 0.254 e. The number of benzene rings is 1. The first-order valence-corrected chi connectivity index (χ1v) is 8.24. The summed E-state index contributed by atoms with van der Waals surface area (Å²) in [5, 5.41) is 0. The Kier molecular flexibility index (Phi) is 4.60. The molecule has 1 aromatic carbocycles. The molecule has 2 aromatic rings. The predicted octanol–water partition coefficient (Wildman–Crippen LogP) is 3.52. The van der Waals surface area contributed by atoms with Gasteiger partial charge in [0.15, 0.2) is 0 Å². The van der Waals surface area contributed by atoms with E-state index in [0.29, 0.717) is 0 Å². The number of amides is 1. The van der Waals surface area contributed by atoms with Gasteiger partial charge in [-0.2, -0.15) is 0 Å². The van der Waals surface area contributed by atoms with Crippen LogP contribution in [0.5, 0.6) is 0 Å². The van der Waals surface area contributed by atoms with Gasteiger partial charge in [0.25, 0.3) is 5.91 Å². The molecular formula is C19H23N3O. The minimum Gasteiger partial charge on any atom is -0.360 e. The van der Waals surface area contributed by atoms with Crippen molar-refractivity contribution >= 4 is 11.7 Å². The summed E-state index contributed by atoms with van der Waals surface area (Å²) in [6.07, 6.45) is 3.96. The maximum atomic E-state index is 12.7. The summed E-state index contributed by atoms with van der Waals surface area (Å²) in [5.74, 6) is 1.08. The SMILES string of the molecule is CCN(C)c1ccc(C2CCCN2C(=O)c2ccccc2)cn1. The van der Waals surface area contributed by atoms with Crippen molar-refractivity contribution in [2.24, 2.45) is 0 Å². The fourth-order valence-electron chi connectivity index (χ4n) is 3.09. The van der Waals surface area contributed by atoms with Crippen molar-refractivity contribution in [1.29, 1.82) is 0 Å². The summed E-state index contributed by atoms with van der Waals surface area (Å²) in [6.45, 7) is 3.84. The van der Waals surface area contributed by atoms with E-state index in [1.165, 1.54) is 0 Å². The van der Waals surface area contributed by atoms with E-state index < -0.39 is 0 Å². The fraction of sp³-hybridized carbons (Fsp3) is 0.368. The van der Waals surface area contributed by atoms with Crippen molar-refractivity contribution in [2.45, 2.75) is 25.8 Å². The Bertz CT molecular complexity index is 654. The van der Waals surface area contributed by atoms with Crippen molar-refractivity contribution in [3.05, 3.63) is 59.8 Å². The molecule has 1 amide bonds. The van der Waals surface area contributed by atoms with Crippen LogP contribution in [0.2, 0.25) is 0 Å². The number of pyridine rings is 1. The van der Waals surface area contributed by atoms with Crippen LogP contribution in [0.25, 0.3) is 0 Å². The molecule has 1 fully saturated rings. The monoisotopic (exact) mass is 309 g/mol. The highest BCUT2D eigenvalue weighted by molar-refractivity contribution is 5.94. The zero-order valence-electron chi connectivity index (χ0n) is 13.8. The summed E-state index contributed by atoms with van der Waals surface area (Å²) in [6, 6.07) is 13.8. The van der Waals surface area contributed by atoms with Crippen LogP contribution in [0.3, 0.4) is 0 Å². The van der Waals surface area contributed by atoms with Crippen LogP contribution < -0.4 is 4.90 Å². The third kappa shape index (κ3) is 3.21. The van der Waals surface area contributed by atoms with Crippen LogP contribution in [-0.2, 0) is 0 Å². The first-order chi connectivity index (χ1) is 11.2. The first-order valence-electron chi connectivity index (χ1n) is 8.24. The van der Waals surface area contributed by atoms with E-state index in [9.17, 15) is 4.79 Å². The van der Waals surface area contributed by atoms with Crippen LogP contribution in [-0.4, -0.2) is 35.9 Å². The molecule has 120 valence electrons. The van der Waals surface area contributed by atoms with E-state index in [4.69, 9.17) is 0 Å². The standard InChI is InChI=1S/C19H23N3O/c1-3-21(2)18-12-11-16(14-20-18)17-10-7-13-22(17)19(23)15-8-5-4-6-9-15/h4-6,8-9,11-12,14,17H,3,7,10,13H2,1-2H3. The van der Waals surface area contributed by atoms with Crippen LogP contribution in [0.15, 0.2) is 48.7 Å². The lowest BCUT2D eigenvalue weighted by atomic mass is 10.1. The Labute approximate surface area is 137 Å². The van der Waals surface area contributed by atoms with Gasteiger partial charge < -0.3 is 9.80 Å². The minimum atomic E-state index is 0.114. The molecule has 1 aliphatic rings. The lowest BCUT2D eigenvalue weighted by Gasteiger charge is -2.25. The van der Waals surface area contributed by atoms with E-state index in [1.807, 2.05) is 54.5 Å². The van der Waals surface area contributed by atoms with E-state index in [0.717, 1.165) is 42.9 Å². The van der Waals surface area contributed by atoms with E-state index in [2.05, 4.69) is 22.9 Å². The number of hydrogen-bond acceptors (Lipinski definition) is 3. The van der Waals surface area contributed by atoms with E-state index in [1.54, 1.807) is 0 Å². The lowest BCUT2D eigenvalue weighted by Crippen LogP contribution is -2.30. The van der Waals surface area contributed by atoms with Gasteiger partial charge >= 0.3 is 0 Å². The number of anilines is 1. The second kappa shape index (κ2) is 6.82. The van der Waals surface area contributed by atoms with Gasteiger partial charge in [0.2, 0.25) is 0 Å². The molecule has 4 heteroatoms. The summed E-state index contributed by atoms with van der Waals surface area (Å²) in [5.41, 5.74) is 1.88. The Balaban J connectivity index is 1.80. The summed E-state index contributed by atoms with van der Waals surface area (Å²) < 4.78 is 0. The van der Waals surface area contributed by atoms with Crippen molar-refractivity contribution in [3.8, 4) is 0 Å². The Morgan fingerprint density at radius 3 is 2.70 bits per heavy atom. The fourth-order valence-corrected chi connectivity index (χ4v) is 3.09. The van der Waals surface area contributed by atoms with Crippen molar-refractivity contribution < 1.29 is 4.79 Å². The van der Waals surface area contributed by atoms with Crippen LogP contribution >= 0.6 is 0 Å². The van der Waals surface area contributed by atoms with Gasteiger partial charge in [-0.15, -0.1) is 0 Å². The number of hydrogen-bond donors (Lipinski definition) is 0. The number of aromatic nitrogens is 1. The van der Waals surface area contributed by atoms with E-state index >= 15 is 0 Å². The molecule has 1 unspecified atom stereocenters. The zero-order valence-corrected chi connectivity index (χ0v) is 13.8. The lowest BCUT2D eigenvalue weighted by molar-refractivity contribution is 0.0735. The van der Waals surface area contributed by atoms with Gasteiger partial charge in [-0.1, -0.05) is 24.3 Å². The highest BCUT2D eigenvalue weighted by atomic mass is 16.2. The number of nitrogens with zero attached hydrogens (tertiary/aromatic N) is 3. The molecule has 1 aliphatic heterocycles. The van der Waals surface area contributed by atoms with Gasteiger partial charge in [-0.3, -0.25) is 4.79 Å². The van der Waals surface area contributed by atoms with Gasteiger partial charge in [-0.25, -0.2) is 4.98 Å². The first kappa shape index (κ1) is 15.5. The molecule has 0 aliphatic carbocycles. The number of likely N-dealkylation sites (tertiary alicyclic amines) is 1. The second-order valence-electron chi connectivity index (χ2n) is 5.99. The highest BCUT2D eigenvalue weighted by Crippen LogP contribution is 2.33. The number of rotatable bonds is 4. The Morgan fingerprint density at radius 2 is 2.04 bits per heavy atom. The predicted molar refractivity (Wildman–Crippen MR) is 92.6 cm³/mol. The summed E-state index contributed by atoms with van der Waals surface area (Å²) in [7, 11) is 2.03. The maximum Gasteiger partial charge on any atom is 0.254 e. The normalized spacial score (nSPS) is 17.3. The van der Waals surface area contributed by atoms with Crippen molar-refractivity contribution in [2.75, 3.05) is 25.0 Å². The Hall–Kier alpha value is -2.36. The molecule has 4 nitrogen and oxygen atoms in total. The average molecular weight is 309 g/mol. The quantitative estimate of drug-likeness (QED) is 0.867. The van der Waals surface area contributed by atoms with Crippen LogP contribution in [0.1, 0.15) is 41.7 Å². The molecule has 0 spiro atoms. The van der Waals surface area contributed by atoms with Gasteiger partial charge in [-0.05, 0) is 43.5 Å². The topological polar surface area (TPSA) is 36.4 Å². The Morgan fingerprint density at radius 1 is 1.26 bits per heavy atom. The molecule has 3 rings (SSSR count). The van der Waals surface area contributed by atoms with Gasteiger partial charge in [0.05, 0.1) is 6.04 Å². The van der Waals surface area contributed by atoms with Crippen molar-refractivity contribution in [3.63, 3.8) is 0 Å². The summed E-state index contributed by atoms with van der Waals surface area (Å²) >= 11 is 0. The highest BCUT2D eigenvalue weighted by Gasteiger charge is 2.30. The third-order valence-electron chi connectivity index (χ3n) is 4.56.